The third kappa shape index (κ3) is 8.24. The highest BCUT2D eigenvalue weighted by atomic mass is 32.8. The zero-order valence-electron chi connectivity index (χ0n) is 29.3. The molecular formula is C39H24N7O9S3-3. The lowest BCUT2D eigenvalue weighted by molar-refractivity contribution is -0.298. The van der Waals surface area contributed by atoms with Gasteiger partial charge in [-0.15, -0.1) is 5.11 Å². The van der Waals surface area contributed by atoms with Crippen LogP contribution in [-0.4, -0.2) is 50.7 Å². The molecule has 0 radical (unpaired) electrons. The average molecular weight is 831 g/mol. The normalized spacial score (nSPS) is 16.6. The lowest BCUT2D eigenvalue weighted by Crippen LogP contribution is -2.29. The summed E-state index contributed by atoms with van der Waals surface area (Å²) in [5.41, 5.74) is 13.7. The van der Waals surface area contributed by atoms with E-state index in [1.54, 1.807) is 60.7 Å². The molecule has 2 aliphatic rings. The number of carboxylic acid groups (broad SMARTS) is 1. The van der Waals surface area contributed by atoms with Crippen LogP contribution in [0.5, 0.6) is 0 Å². The van der Waals surface area contributed by atoms with Gasteiger partial charge in [0.1, 0.15) is 15.8 Å². The van der Waals surface area contributed by atoms with Gasteiger partial charge in [0, 0.05) is 22.0 Å². The maximum Gasteiger partial charge on any atom is 0.217 e. The predicted octanol–water partition coefficient (Wildman–Crippen LogP) is 4.87. The van der Waals surface area contributed by atoms with Gasteiger partial charge in [0.2, 0.25) is 5.78 Å². The molecule has 0 spiro atoms. The highest BCUT2D eigenvalue weighted by molar-refractivity contribution is 8.32. The molecule has 5 aromatic rings. The van der Waals surface area contributed by atoms with Crippen molar-refractivity contribution >= 4 is 104 Å². The summed E-state index contributed by atoms with van der Waals surface area (Å²) >= 11 is 4.65. The molecule has 19 heteroatoms. The molecule has 0 aromatic heterocycles. The number of benzene rings is 5. The summed E-state index contributed by atoms with van der Waals surface area (Å²) in [6.07, 6.45) is 4.58. The summed E-state index contributed by atoms with van der Waals surface area (Å²) < 4.78 is 60.0. The van der Waals surface area contributed by atoms with E-state index < -0.39 is 57.5 Å². The molecule has 0 bridgehead atoms. The molecule has 290 valence electrons. The summed E-state index contributed by atoms with van der Waals surface area (Å²) in [5, 5.41) is 29.4. The Kier molecular flexibility index (Phi) is 10.5. The third-order valence-corrected chi connectivity index (χ3v) is 10.9. The second-order valence-electron chi connectivity index (χ2n) is 12.5. The van der Waals surface area contributed by atoms with Crippen LogP contribution in [0.3, 0.4) is 0 Å². The number of ketones is 2. The van der Waals surface area contributed by atoms with E-state index in [9.17, 15) is 41.2 Å². The smallest absolute Gasteiger partial charge is 0.217 e. The molecule has 58 heavy (non-hydrogen) atoms. The van der Waals surface area contributed by atoms with E-state index in [2.05, 4.69) is 42.5 Å². The number of hydrogen-bond acceptors (Lipinski definition) is 17. The number of nitrogens with one attached hydrogen (secondary N) is 2. The number of anilines is 3. The topological polar surface area (TPSA) is 271 Å². The zero-order valence-corrected chi connectivity index (χ0v) is 31.8. The fourth-order valence-corrected chi connectivity index (χ4v) is 7.52. The Bertz CT molecular complexity index is 3010. The van der Waals surface area contributed by atoms with E-state index >= 15 is 0 Å². The number of hydrazone groups is 2. The van der Waals surface area contributed by atoms with Crippen LogP contribution in [-0.2, 0) is 39.7 Å². The first-order valence-electron chi connectivity index (χ1n) is 16.7. The summed E-state index contributed by atoms with van der Waals surface area (Å²) in [6.45, 7) is 0. The third-order valence-electron chi connectivity index (χ3n) is 8.74. The first-order valence-corrected chi connectivity index (χ1v) is 20.5. The fourth-order valence-electron chi connectivity index (χ4n) is 5.95. The van der Waals surface area contributed by atoms with E-state index in [1.807, 2.05) is 24.3 Å². The van der Waals surface area contributed by atoms with Gasteiger partial charge in [-0.1, -0.05) is 48.5 Å². The molecule has 5 aromatic carbocycles. The first kappa shape index (κ1) is 39.2. The van der Waals surface area contributed by atoms with Gasteiger partial charge in [-0.3, -0.25) is 24.6 Å². The van der Waals surface area contributed by atoms with Crippen LogP contribution in [0.2, 0.25) is 0 Å². The van der Waals surface area contributed by atoms with E-state index in [0.717, 1.165) is 41.5 Å². The van der Waals surface area contributed by atoms with E-state index in [0.29, 0.717) is 33.5 Å². The van der Waals surface area contributed by atoms with E-state index in [1.165, 1.54) is 6.08 Å². The van der Waals surface area contributed by atoms with Crippen molar-refractivity contribution in [1.82, 2.24) is 0 Å². The quantitative estimate of drug-likeness (QED) is 0.0424. The molecule has 0 fully saturated rings. The van der Waals surface area contributed by atoms with Gasteiger partial charge in [-0.25, -0.2) is 8.42 Å². The maximum absolute atomic E-state index is 13.5. The number of nitrogens with zero attached hydrogens (tertiary/aromatic N) is 4. The summed E-state index contributed by atoms with van der Waals surface area (Å²) in [4.78, 5) is 34.9. The van der Waals surface area contributed by atoms with Crippen LogP contribution in [0.1, 0.15) is 15.9 Å². The summed E-state index contributed by atoms with van der Waals surface area (Å²) in [7, 11) is -9.49. The van der Waals surface area contributed by atoms with Crippen LogP contribution in [0, 0.1) is 0 Å². The van der Waals surface area contributed by atoms with E-state index in [4.69, 9.17) is 5.73 Å². The molecule has 1 unspecified atom stereocenters. The van der Waals surface area contributed by atoms with Gasteiger partial charge >= 0.3 is 0 Å². The number of azo groups is 1. The van der Waals surface area contributed by atoms with Crippen molar-refractivity contribution in [3.05, 3.63) is 137 Å². The minimum atomic E-state index is -4.98. The lowest BCUT2D eigenvalue weighted by atomic mass is 9.93. The summed E-state index contributed by atoms with van der Waals surface area (Å²) in [6, 6.07) is 26.6. The SMILES string of the molecule is Nc1cc(S(=O)(=O)[O-])cc2c1C(=O)C(=NNc1ccc(N=Nc3ccc(-c4ccc(NN=C5C=CC(=O)C(C(=O)[O-])=C5)cc4)cc3)c3ccccc13)C(S(=O)([O-])=S)=C2. The Morgan fingerprint density at radius 3 is 2.09 bits per heavy atom. The van der Waals surface area contributed by atoms with Crippen LogP contribution >= 0.6 is 0 Å². The minimum Gasteiger partial charge on any atom is -0.766 e. The number of rotatable bonds is 10. The Balaban J connectivity index is 1.08. The van der Waals surface area contributed by atoms with Crippen LogP contribution in [0.25, 0.3) is 28.0 Å². The highest BCUT2D eigenvalue weighted by Gasteiger charge is 2.31. The number of carbonyl (C=O) groups is 3. The Morgan fingerprint density at radius 2 is 1.43 bits per heavy atom. The maximum atomic E-state index is 13.5. The van der Waals surface area contributed by atoms with Crippen LogP contribution < -0.4 is 21.7 Å². The second kappa shape index (κ2) is 15.5. The molecule has 2 aliphatic carbocycles. The minimum absolute atomic E-state index is 0.211. The Hall–Kier alpha value is -7.03. The monoisotopic (exact) mass is 830 g/mol. The van der Waals surface area contributed by atoms with Gasteiger partial charge < -0.3 is 24.7 Å². The fraction of sp³-hybridized carbons (Fsp3) is 0. The number of allylic oxidation sites excluding steroid dienone is 4. The zero-order chi connectivity index (χ0) is 41.4. The molecule has 1 atom stereocenters. The Labute approximate surface area is 334 Å². The number of nitrogen functional groups attached to an aromatic ring is 1. The molecule has 0 heterocycles. The molecule has 7 rings (SSSR count). The first-order chi connectivity index (χ1) is 27.6. The highest BCUT2D eigenvalue weighted by Crippen LogP contribution is 2.35. The number of carbonyl (C=O) groups excluding carboxylic acids is 3. The average Bonchev–Trinajstić information content (AvgIpc) is 3.19. The summed E-state index contributed by atoms with van der Waals surface area (Å²) in [5.74, 6) is -3.19. The molecular weight excluding hydrogens is 807 g/mol. The van der Waals surface area contributed by atoms with Gasteiger partial charge in [0.05, 0.1) is 49.8 Å². The van der Waals surface area contributed by atoms with Crippen molar-refractivity contribution in [1.29, 1.82) is 0 Å². The number of aliphatic carboxylic acids is 1. The van der Waals surface area contributed by atoms with Crippen molar-refractivity contribution in [2.75, 3.05) is 16.6 Å². The molecule has 0 amide bonds. The molecule has 4 N–H and O–H groups in total. The number of Topliss-reactive ketones (excluding diaryl/α,β-unsaturated/α-hetero) is 1. The largest absolute Gasteiger partial charge is 0.766 e. The predicted molar refractivity (Wildman–Crippen MR) is 217 cm³/mol. The van der Waals surface area contributed by atoms with Gasteiger partial charge in [-0.05, 0) is 109 Å². The standard InChI is InChI=1S/C39H27N7O9S3/c40-31-20-27(57(51,52)53)17-23-18-35(58(54,55)56)37(38(48)36(23)31)46-45-33-15-14-32(28-3-1-2-4-29(28)33)44-42-25-11-7-22(8-12-25)21-5-9-24(10-6-21)41-43-26-13-16-34(47)30(19-26)39(49)50/h1-20,41,45H,40H2,(H,49,50)(H,51,52,53)(H,54,55,56)/p-3. The number of fused-ring (bicyclic) bond motifs is 2. The number of nitrogens with two attached hydrogens (primary N) is 1. The van der Waals surface area contributed by atoms with Crippen LogP contribution in [0.4, 0.5) is 28.4 Å². The van der Waals surface area contributed by atoms with E-state index in [-0.39, 0.29) is 22.5 Å². The Morgan fingerprint density at radius 1 is 0.759 bits per heavy atom. The number of carboxylic acids is 1. The van der Waals surface area contributed by atoms with Crippen molar-refractivity contribution in [2.45, 2.75) is 4.90 Å². The molecule has 0 saturated heterocycles. The van der Waals surface area contributed by atoms with Gasteiger partial charge in [0.25, 0.3) is 0 Å². The van der Waals surface area contributed by atoms with Crippen molar-refractivity contribution < 1.29 is 41.2 Å². The van der Waals surface area contributed by atoms with Crippen molar-refractivity contribution in [2.24, 2.45) is 20.4 Å². The molecule has 0 saturated carbocycles. The van der Waals surface area contributed by atoms with Crippen LogP contribution in [0.15, 0.2) is 151 Å². The molecule has 0 aliphatic heterocycles. The number of hydrogen-bond donors (Lipinski definition) is 3. The second-order valence-corrected chi connectivity index (χ2v) is 16.5. The van der Waals surface area contributed by atoms with Gasteiger partial charge in [-0.2, -0.15) is 15.3 Å². The molecule has 16 nitrogen and oxygen atoms in total. The lowest BCUT2D eigenvalue weighted by Gasteiger charge is -2.24. The van der Waals surface area contributed by atoms with Crippen molar-refractivity contribution in [3.63, 3.8) is 0 Å². The van der Waals surface area contributed by atoms with Gasteiger partial charge in [0.15, 0.2) is 5.78 Å². The van der Waals surface area contributed by atoms with Crippen molar-refractivity contribution in [3.8, 4) is 11.1 Å².